The van der Waals surface area contributed by atoms with Gasteiger partial charge in [-0.15, -0.1) is 0 Å². The molecule has 100 valence electrons. The monoisotopic (exact) mass is 247 g/mol. The standard InChI is InChI=1S/C15H25N3/c1-3-12-6-8-13(9-7-12)15(18-16)14-11(2)5-4-10-17-14/h4-5,10,12-13,15,18H,3,6-9,16H2,1-2H3. The lowest BCUT2D eigenvalue weighted by molar-refractivity contribution is 0.216. The molecule has 18 heavy (non-hydrogen) atoms. The van der Waals surface area contributed by atoms with E-state index in [4.69, 9.17) is 5.84 Å². The van der Waals surface area contributed by atoms with Gasteiger partial charge in [-0.05, 0) is 43.2 Å². The van der Waals surface area contributed by atoms with Crippen LogP contribution in [0.5, 0.6) is 0 Å². The number of hydrogen-bond donors (Lipinski definition) is 2. The number of aromatic nitrogens is 1. The number of rotatable bonds is 4. The quantitative estimate of drug-likeness (QED) is 0.635. The molecule has 1 aromatic rings. The Balaban J connectivity index is 2.08. The van der Waals surface area contributed by atoms with Crippen LogP contribution in [0.1, 0.15) is 56.3 Å². The number of hydrogen-bond acceptors (Lipinski definition) is 3. The van der Waals surface area contributed by atoms with Gasteiger partial charge >= 0.3 is 0 Å². The second-order valence-corrected chi connectivity index (χ2v) is 5.54. The average Bonchev–Trinajstić information content (AvgIpc) is 2.42. The van der Waals surface area contributed by atoms with Crippen molar-refractivity contribution in [3.8, 4) is 0 Å². The number of nitrogens with two attached hydrogens (primary N) is 1. The minimum absolute atomic E-state index is 0.212. The Morgan fingerprint density at radius 2 is 2.11 bits per heavy atom. The molecule has 0 spiro atoms. The van der Waals surface area contributed by atoms with Crippen LogP contribution in [0.4, 0.5) is 0 Å². The van der Waals surface area contributed by atoms with Crippen molar-refractivity contribution in [2.24, 2.45) is 17.7 Å². The highest BCUT2D eigenvalue weighted by molar-refractivity contribution is 5.21. The summed E-state index contributed by atoms with van der Waals surface area (Å²) in [5.74, 6) is 7.33. The summed E-state index contributed by atoms with van der Waals surface area (Å²) in [4.78, 5) is 4.52. The minimum atomic E-state index is 0.212. The van der Waals surface area contributed by atoms with Crippen LogP contribution < -0.4 is 11.3 Å². The lowest BCUT2D eigenvalue weighted by Gasteiger charge is -2.33. The summed E-state index contributed by atoms with van der Waals surface area (Å²) in [6.45, 7) is 4.41. The Morgan fingerprint density at radius 1 is 1.39 bits per heavy atom. The smallest absolute Gasteiger partial charge is 0.0662 e. The van der Waals surface area contributed by atoms with E-state index >= 15 is 0 Å². The van der Waals surface area contributed by atoms with E-state index in [1.807, 2.05) is 12.3 Å². The molecule has 3 nitrogen and oxygen atoms in total. The van der Waals surface area contributed by atoms with E-state index in [0.29, 0.717) is 5.92 Å². The molecule has 2 rings (SSSR count). The molecule has 1 heterocycles. The maximum Gasteiger partial charge on any atom is 0.0662 e. The predicted molar refractivity (Wildman–Crippen MR) is 74.8 cm³/mol. The van der Waals surface area contributed by atoms with Gasteiger partial charge in [-0.1, -0.05) is 32.3 Å². The maximum absolute atomic E-state index is 5.78. The van der Waals surface area contributed by atoms with Crippen LogP contribution in [0.15, 0.2) is 18.3 Å². The van der Waals surface area contributed by atoms with E-state index in [1.54, 1.807) is 0 Å². The summed E-state index contributed by atoms with van der Waals surface area (Å²) in [6.07, 6.45) is 8.39. The number of nitrogens with one attached hydrogen (secondary N) is 1. The van der Waals surface area contributed by atoms with Crippen molar-refractivity contribution in [1.82, 2.24) is 10.4 Å². The Kier molecular flexibility index (Phi) is 4.72. The van der Waals surface area contributed by atoms with E-state index in [0.717, 1.165) is 11.6 Å². The number of nitrogens with zero attached hydrogens (tertiary/aromatic N) is 1. The summed E-state index contributed by atoms with van der Waals surface area (Å²) < 4.78 is 0. The molecular weight excluding hydrogens is 222 g/mol. The van der Waals surface area contributed by atoms with Crippen LogP contribution in [-0.4, -0.2) is 4.98 Å². The van der Waals surface area contributed by atoms with Gasteiger partial charge in [0.15, 0.2) is 0 Å². The van der Waals surface area contributed by atoms with E-state index in [2.05, 4.69) is 30.3 Å². The second kappa shape index (κ2) is 6.30. The summed E-state index contributed by atoms with van der Waals surface area (Å²) in [6, 6.07) is 4.31. The van der Waals surface area contributed by atoms with Gasteiger partial charge in [-0.2, -0.15) is 0 Å². The first-order valence-electron chi connectivity index (χ1n) is 7.13. The van der Waals surface area contributed by atoms with Crippen LogP contribution in [-0.2, 0) is 0 Å². The highest BCUT2D eigenvalue weighted by atomic mass is 15.2. The Labute approximate surface area is 110 Å². The third-order valence-electron chi connectivity index (χ3n) is 4.46. The molecule has 0 amide bonds. The Bertz CT molecular complexity index is 370. The van der Waals surface area contributed by atoms with E-state index in [-0.39, 0.29) is 6.04 Å². The van der Waals surface area contributed by atoms with Crippen molar-refractivity contribution in [2.45, 2.75) is 52.0 Å². The SMILES string of the molecule is CCC1CCC(C(NN)c2ncccc2C)CC1. The van der Waals surface area contributed by atoms with Gasteiger partial charge in [0.05, 0.1) is 11.7 Å². The van der Waals surface area contributed by atoms with Gasteiger partial charge in [0.25, 0.3) is 0 Å². The van der Waals surface area contributed by atoms with Gasteiger partial charge in [-0.25, -0.2) is 0 Å². The van der Waals surface area contributed by atoms with E-state index < -0.39 is 0 Å². The van der Waals surface area contributed by atoms with Crippen molar-refractivity contribution in [3.63, 3.8) is 0 Å². The van der Waals surface area contributed by atoms with Gasteiger partial charge in [0.2, 0.25) is 0 Å². The zero-order chi connectivity index (χ0) is 13.0. The molecule has 3 N–H and O–H groups in total. The normalized spacial score (nSPS) is 25.9. The molecule has 0 bridgehead atoms. The molecular formula is C15H25N3. The first-order chi connectivity index (χ1) is 8.76. The highest BCUT2D eigenvalue weighted by Crippen LogP contribution is 2.37. The molecule has 3 heteroatoms. The first-order valence-corrected chi connectivity index (χ1v) is 7.13. The third kappa shape index (κ3) is 2.90. The first kappa shape index (κ1) is 13.5. The number of pyridine rings is 1. The molecule has 0 saturated heterocycles. The molecule has 0 aliphatic heterocycles. The number of aryl methyl sites for hydroxylation is 1. The van der Waals surface area contributed by atoms with Crippen molar-refractivity contribution in [1.29, 1.82) is 0 Å². The topological polar surface area (TPSA) is 50.9 Å². The summed E-state index contributed by atoms with van der Waals surface area (Å²) in [5, 5.41) is 0. The van der Waals surface area contributed by atoms with Crippen molar-refractivity contribution < 1.29 is 0 Å². The van der Waals surface area contributed by atoms with E-state index in [9.17, 15) is 0 Å². The van der Waals surface area contributed by atoms with E-state index in [1.165, 1.54) is 37.7 Å². The molecule has 1 aliphatic rings. The molecule has 1 atom stereocenters. The zero-order valence-corrected chi connectivity index (χ0v) is 11.5. The highest BCUT2D eigenvalue weighted by Gasteiger charge is 2.28. The van der Waals surface area contributed by atoms with Crippen LogP contribution in [0, 0.1) is 18.8 Å². The largest absolute Gasteiger partial charge is 0.271 e. The molecule has 1 fully saturated rings. The van der Waals surface area contributed by atoms with Crippen LogP contribution in [0.2, 0.25) is 0 Å². The lowest BCUT2D eigenvalue weighted by atomic mass is 9.76. The molecule has 0 radical (unpaired) electrons. The zero-order valence-electron chi connectivity index (χ0n) is 11.5. The van der Waals surface area contributed by atoms with Crippen molar-refractivity contribution >= 4 is 0 Å². The second-order valence-electron chi connectivity index (χ2n) is 5.54. The summed E-state index contributed by atoms with van der Waals surface area (Å²) in [7, 11) is 0. The van der Waals surface area contributed by atoms with Gasteiger partial charge in [0, 0.05) is 6.20 Å². The predicted octanol–water partition coefficient (Wildman–Crippen LogP) is 3.11. The molecule has 0 aromatic carbocycles. The minimum Gasteiger partial charge on any atom is -0.271 e. The Hall–Kier alpha value is -0.930. The van der Waals surface area contributed by atoms with Crippen LogP contribution >= 0.6 is 0 Å². The van der Waals surface area contributed by atoms with Crippen molar-refractivity contribution in [3.05, 3.63) is 29.6 Å². The molecule has 1 unspecified atom stereocenters. The Morgan fingerprint density at radius 3 is 2.67 bits per heavy atom. The summed E-state index contributed by atoms with van der Waals surface area (Å²) in [5.41, 5.74) is 5.36. The summed E-state index contributed by atoms with van der Waals surface area (Å²) >= 11 is 0. The molecule has 1 aliphatic carbocycles. The maximum atomic E-state index is 5.78. The average molecular weight is 247 g/mol. The molecule has 1 aromatic heterocycles. The van der Waals surface area contributed by atoms with Crippen LogP contribution in [0.25, 0.3) is 0 Å². The van der Waals surface area contributed by atoms with Crippen LogP contribution in [0.3, 0.4) is 0 Å². The fraction of sp³-hybridized carbons (Fsp3) is 0.667. The lowest BCUT2D eigenvalue weighted by Crippen LogP contribution is -2.36. The van der Waals surface area contributed by atoms with Crippen molar-refractivity contribution in [2.75, 3.05) is 0 Å². The van der Waals surface area contributed by atoms with Gasteiger partial charge < -0.3 is 0 Å². The fourth-order valence-corrected chi connectivity index (χ4v) is 3.19. The number of hydrazine groups is 1. The van der Waals surface area contributed by atoms with Gasteiger partial charge in [-0.3, -0.25) is 16.3 Å². The van der Waals surface area contributed by atoms with Gasteiger partial charge in [0.1, 0.15) is 0 Å². The fourth-order valence-electron chi connectivity index (χ4n) is 3.19. The molecule has 1 saturated carbocycles. The third-order valence-corrected chi connectivity index (χ3v) is 4.46.